The Kier molecular flexibility index (Phi) is 5.76. The molecule has 1 heterocycles. The Bertz CT molecular complexity index is 1250. The first-order valence-electron chi connectivity index (χ1n) is 10.1. The van der Waals surface area contributed by atoms with Crippen LogP contribution in [0.3, 0.4) is 0 Å². The molecule has 0 aliphatic carbocycles. The van der Waals surface area contributed by atoms with Gasteiger partial charge < -0.3 is 4.42 Å². The zero-order valence-corrected chi connectivity index (χ0v) is 17.0. The van der Waals surface area contributed by atoms with Gasteiger partial charge in [-0.1, -0.05) is 96.6 Å². The SMILES string of the molecule is C=CC(C/C=C/c1ccccc1)c1c(-c2ccc(C)cc2)oc(=O)c2ccccc12. The van der Waals surface area contributed by atoms with Crippen molar-refractivity contribution in [3.63, 3.8) is 0 Å². The zero-order chi connectivity index (χ0) is 20.9. The lowest BCUT2D eigenvalue weighted by molar-refractivity contribution is 0.526. The fraction of sp³-hybridized carbons (Fsp3) is 0.107. The molecule has 148 valence electrons. The number of fused-ring (bicyclic) bond motifs is 1. The van der Waals surface area contributed by atoms with Crippen molar-refractivity contribution in [2.45, 2.75) is 19.3 Å². The normalized spacial score (nSPS) is 12.3. The standard InChI is InChI=1S/C28H24O2/c1-3-22(13-9-12-21-10-5-4-6-11-21)26-24-14-7-8-15-25(24)28(29)30-27(26)23-18-16-20(2)17-19-23/h3-12,14-19,22H,1,13H2,2H3/b12-9+. The fourth-order valence-electron chi connectivity index (χ4n) is 3.76. The van der Waals surface area contributed by atoms with E-state index in [1.54, 1.807) is 0 Å². The summed E-state index contributed by atoms with van der Waals surface area (Å²) in [6.07, 6.45) is 6.97. The van der Waals surface area contributed by atoms with Gasteiger partial charge in [-0.25, -0.2) is 4.79 Å². The summed E-state index contributed by atoms with van der Waals surface area (Å²) in [4.78, 5) is 12.7. The van der Waals surface area contributed by atoms with E-state index < -0.39 is 0 Å². The molecule has 1 unspecified atom stereocenters. The predicted octanol–water partition coefficient (Wildman–Crippen LogP) is 7.14. The molecule has 0 bridgehead atoms. The first-order chi connectivity index (χ1) is 14.7. The number of benzene rings is 3. The number of aryl methyl sites for hydroxylation is 1. The molecule has 0 spiro atoms. The quantitative estimate of drug-likeness (QED) is 0.326. The second-order valence-corrected chi connectivity index (χ2v) is 7.43. The lowest BCUT2D eigenvalue weighted by Gasteiger charge is -2.17. The van der Waals surface area contributed by atoms with Gasteiger partial charge in [-0.3, -0.25) is 0 Å². The molecule has 0 radical (unpaired) electrons. The molecule has 4 rings (SSSR count). The van der Waals surface area contributed by atoms with Gasteiger partial charge in [-0.05, 0) is 30.4 Å². The van der Waals surface area contributed by atoms with Gasteiger partial charge in [0.15, 0.2) is 0 Å². The van der Waals surface area contributed by atoms with Crippen molar-refractivity contribution in [2.24, 2.45) is 0 Å². The molecule has 0 saturated carbocycles. The minimum Gasteiger partial charge on any atom is -0.422 e. The lowest BCUT2D eigenvalue weighted by atomic mass is 9.88. The Balaban J connectivity index is 1.84. The Morgan fingerprint density at radius 1 is 0.900 bits per heavy atom. The van der Waals surface area contributed by atoms with E-state index in [0.29, 0.717) is 11.1 Å². The molecule has 0 aliphatic heterocycles. The number of hydrogen-bond acceptors (Lipinski definition) is 2. The molecule has 0 amide bonds. The third kappa shape index (κ3) is 4.04. The number of rotatable bonds is 6. The minimum atomic E-state index is -0.312. The monoisotopic (exact) mass is 392 g/mol. The summed E-state index contributed by atoms with van der Waals surface area (Å²) in [7, 11) is 0. The Labute approximate surface area is 176 Å². The molecule has 1 aromatic heterocycles. The highest BCUT2D eigenvalue weighted by molar-refractivity contribution is 5.89. The van der Waals surface area contributed by atoms with E-state index in [0.717, 1.165) is 34.1 Å². The summed E-state index contributed by atoms with van der Waals surface area (Å²) in [6, 6.07) is 25.9. The summed E-state index contributed by atoms with van der Waals surface area (Å²) >= 11 is 0. The van der Waals surface area contributed by atoms with Gasteiger partial charge in [0.25, 0.3) is 0 Å². The number of hydrogen-bond donors (Lipinski definition) is 0. The van der Waals surface area contributed by atoms with Crippen molar-refractivity contribution in [3.05, 3.63) is 125 Å². The second kappa shape index (κ2) is 8.79. The lowest BCUT2D eigenvalue weighted by Crippen LogP contribution is -2.07. The van der Waals surface area contributed by atoms with Crippen LogP contribution < -0.4 is 5.63 Å². The van der Waals surface area contributed by atoms with Crippen molar-refractivity contribution in [3.8, 4) is 11.3 Å². The molecule has 1 atom stereocenters. The van der Waals surface area contributed by atoms with Crippen LogP contribution in [0.5, 0.6) is 0 Å². The maximum atomic E-state index is 12.7. The molecular weight excluding hydrogens is 368 g/mol. The molecule has 0 N–H and O–H groups in total. The van der Waals surface area contributed by atoms with E-state index in [1.165, 1.54) is 0 Å². The molecule has 2 heteroatoms. The first-order valence-corrected chi connectivity index (χ1v) is 10.1. The van der Waals surface area contributed by atoms with E-state index in [-0.39, 0.29) is 11.5 Å². The van der Waals surface area contributed by atoms with Crippen LogP contribution in [0.25, 0.3) is 28.2 Å². The van der Waals surface area contributed by atoms with E-state index in [2.05, 4.69) is 30.9 Å². The maximum absolute atomic E-state index is 12.7. The summed E-state index contributed by atoms with van der Waals surface area (Å²) in [5, 5.41) is 1.52. The van der Waals surface area contributed by atoms with Crippen LogP contribution in [0.2, 0.25) is 0 Å². The average Bonchev–Trinajstić information content (AvgIpc) is 2.79. The van der Waals surface area contributed by atoms with Crippen LogP contribution in [-0.2, 0) is 0 Å². The number of allylic oxidation sites excluding steroid dienone is 2. The molecule has 0 fully saturated rings. The van der Waals surface area contributed by atoms with E-state index in [4.69, 9.17) is 4.42 Å². The summed E-state index contributed by atoms with van der Waals surface area (Å²) in [6.45, 7) is 6.13. The smallest absolute Gasteiger partial charge is 0.344 e. The van der Waals surface area contributed by atoms with Crippen LogP contribution in [-0.4, -0.2) is 0 Å². The van der Waals surface area contributed by atoms with Gasteiger partial charge in [0.2, 0.25) is 0 Å². The van der Waals surface area contributed by atoms with Gasteiger partial charge in [0, 0.05) is 17.0 Å². The van der Waals surface area contributed by atoms with Crippen LogP contribution in [0.15, 0.2) is 107 Å². The van der Waals surface area contributed by atoms with E-state index in [9.17, 15) is 4.79 Å². The largest absolute Gasteiger partial charge is 0.422 e. The maximum Gasteiger partial charge on any atom is 0.344 e. The third-order valence-corrected chi connectivity index (χ3v) is 5.35. The highest BCUT2D eigenvalue weighted by Gasteiger charge is 2.20. The topological polar surface area (TPSA) is 30.2 Å². The Morgan fingerprint density at radius 2 is 1.57 bits per heavy atom. The zero-order valence-electron chi connectivity index (χ0n) is 17.0. The Morgan fingerprint density at radius 3 is 2.27 bits per heavy atom. The fourth-order valence-corrected chi connectivity index (χ4v) is 3.76. The summed E-state index contributed by atoms with van der Waals surface area (Å²) < 4.78 is 5.87. The van der Waals surface area contributed by atoms with E-state index >= 15 is 0 Å². The predicted molar refractivity (Wildman–Crippen MR) is 126 cm³/mol. The Hall–Kier alpha value is -3.65. The van der Waals surface area contributed by atoms with Crippen molar-refractivity contribution < 1.29 is 4.42 Å². The van der Waals surface area contributed by atoms with Crippen molar-refractivity contribution in [2.75, 3.05) is 0 Å². The first kappa shape index (κ1) is 19.7. The molecule has 4 aromatic rings. The van der Waals surface area contributed by atoms with Crippen LogP contribution in [0.1, 0.15) is 29.0 Å². The third-order valence-electron chi connectivity index (χ3n) is 5.35. The van der Waals surface area contributed by atoms with Gasteiger partial charge >= 0.3 is 5.63 Å². The second-order valence-electron chi connectivity index (χ2n) is 7.43. The van der Waals surface area contributed by atoms with Gasteiger partial charge in [0.1, 0.15) is 5.76 Å². The molecule has 2 nitrogen and oxygen atoms in total. The highest BCUT2D eigenvalue weighted by atomic mass is 16.4. The average molecular weight is 392 g/mol. The van der Waals surface area contributed by atoms with Gasteiger partial charge in [0.05, 0.1) is 5.39 Å². The minimum absolute atomic E-state index is 0.00974. The summed E-state index contributed by atoms with van der Waals surface area (Å²) in [5.74, 6) is 0.632. The van der Waals surface area contributed by atoms with Crippen LogP contribution >= 0.6 is 0 Å². The molecule has 30 heavy (non-hydrogen) atoms. The van der Waals surface area contributed by atoms with E-state index in [1.807, 2.05) is 79.7 Å². The molecule has 3 aromatic carbocycles. The summed E-state index contributed by atoms with van der Waals surface area (Å²) in [5.41, 5.74) is 3.91. The van der Waals surface area contributed by atoms with Crippen LogP contribution in [0.4, 0.5) is 0 Å². The van der Waals surface area contributed by atoms with Crippen molar-refractivity contribution in [1.82, 2.24) is 0 Å². The molecule has 0 saturated heterocycles. The van der Waals surface area contributed by atoms with Crippen LogP contribution in [0, 0.1) is 6.92 Å². The van der Waals surface area contributed by atoms with Crippen molar-refractivity contribution in [1.29, 1.82) is 0 Å². The highest BCUT2D eigenvalue weighted by Crippen LogP contribution is 2.36. The molecule has 0 aliphatic rings. The van der Waals surface area contributed by atoms with Crippen molar-refractivity contribution >= 4 is 16.8 Å². The van der Waals surface area contributed by atoms with Gasteiger partial charge in [-0.2, -0.15) is 0 Å². The van der Waals surface area contributed by atoms with Gasteiger partial charge in [-0.15, -0.1) is 6.58 Å². The molecular formula is C28H24O2.